The van der Waals surface area contributed by atoms with Crippen LogP contribution >= 0.6 is 0 Å². The van der Waals surface area contributed by atoms with Crippen molar-refractivity contribution in [3.8, 4) is 0 Å². The van der Waals surface area contributed by atoms with Crippen LogP contribution in [0.2, 0.25) is 0 Å². The highest BCUT2D eigenvalue weighted by atomic mass is 15.2. The quantitative estimate of drug-likeness (QED) is 0.870. The van der Waals surface area contributed by atoms with Crippen molar-refractivity contribution in [3.05, 3.63) is 41.0 Å². The molecule has 2 aromatic rings. The molecule has 0 atom stereocenters. The molecule has 2 aliphatic rings. The van der Waals surface area contributed by atoms with E-state index in [9.17, 15) is 0 Å². The summed E-state index contributed by atoms with van der Waals surface area (Å²) in [5.41, 5.74) is 3.86. The van der Waals surface area contributed by atoms with E-state index in [1.807, 2.05) is 6.20 Å². The average molecular weight is 325 g/mol. The molecule has 1 saturated carbocycles. The van der Waals surface area contributed by atoms with Crippen molar-refractivity contribution in [2.75, 3.05) is 6.54 Å². The van der Waals surface area contributed by atoms with Crippen LogP contribution in [0.4, 0.5) is 0 Å². The largest absolute Gasteiger partial charge is 0.334 e. The third kappa shape index (κ3) is 3.09. The van der Waals surface area contributed by atoms with Crippen LogP contribution in [0, 0.1) is 6.92 Å². The summed E-state index contributed by atoms with van der Waals surface area (Å²) in [5.74, 6) is 2.77. The SMILES string of the molecule is Cc1ncc(CN2CCc3nc(C4CCCCC4)ncc3C2)n1C. The van der Waals surface area contributed by atoms with Gasteiger partial charge in [0.2, 0.25) is 0 Å². The lowest BCUT2D eigenvalue weighted by Gasteiger charge is -2.29. The second-order valence-electron chi connectivity index (χ2n) is 7.35. The van der Waals surface area contributed by atoms with Crippen molar-refractivity contribution in [2.24, 2.45) is 7.05 Å². The Morgan fingerprint density at radius 3 is 2.71 bits per heavy atom. The molecule has 3 heterocycles. The highest BCUT2D eigenvalue weighted by Gasteiger charge is 2.23. The first-order chi connectivity index (χ1) is 11.7. The van der Waals surface area contributed by atoms with E-state index >= 15 is 0 Å². The van der Waals surface area contributed by atoms with Gasteiger partial charge in [-0.3, -0.25) is 4.90 Å². The van der Waals surface area contributed by atoms with Gasteiger partial charge in [-0.1, -0.05) is 19.3 Å². The molecule has 0 radical (unpaired) electrons. The fraction of sp³-hybridized carbons (Fsp3) is 0.632. The molecule has 128 valence electrons. The summed E-state index contributed by atoms with van der Waals surface area (Å²) in [6.07, 6.45) is 11.7. The second-order valence-corrected chi connectivity index (χ2v) is 7.35. The van der Waals surface area contributed by atoms with Crippen LogP contribution in [-0.2, 0) is 26.6 Å². The van der Waals surface area contributed by atoms with E-state index in [-0.39, 0.29) is 0 Å². The van der Waals surface area contributed by atoms with Gasteiger partial charge in [-0.25, -0.2) is 15.0 Å². The zero-order valence-electron chi connectivity index (χ0n) is 14.8. The summed E-state index contributed by atoms with van der Waals surface area (Å²) in [6, 6.07) is 0. The van der Waals surface area contributed by atoms with Gasteiger partial charge in [0.1, 0.15) is 11.6 Å². The van der Waals surface area contributed by atoms with Gasteiger partial charge in [-0.2, -0.15) is 0 Å². The Hall–Kier alpha value is -1.75. The van der Waals surface area contributed by atoms with E-state index in [2.05, 4.69) is 34.6 Å². The Kier molecular flexibility index (Phi) is 4.35. The third-order valence-corrected chi connectivity index (χ3v) is 5.70. The summed E-state index contributed by atoms with van der Waals surface area (Å²) in [4.78, 5) is 16.5. The second kappa shape index (κ2) is 6.63. The van der Waals surface area contributed by atoms with Crippen molar-refractivity contribution >= 4 is 0 Å². The number of imidazole rings is 1. The molecule has 0 spiro atoms. The van der Waals surface area contributed by atoms with E-state index in [1.165, 1.54) is 49.1 Å². The van der Waals surface area contributed by atoms with Crippen LogP contribution in [0.1, 0.15) is 66.6 Å². The Morgan fingerprint density at radius 1 is 1.12 bits per heavy atom. The molecular weight excluding hydrogens is 298 g/mol. The van der Waals surface area contributed by atoms with Gasteiger partial charge in [0.05, 0.1) is 5.69 Å². The number of nitrogens with zero attached hydrogens (tertiary/aromatic N) is 5. The molecule has 1 aliphatic carbocycles. The Bertz CT molecular complexity index is 715. The van der Waals surface area contributed by atoms with Crippen LogP contribution in [0.25, 0.3) is 0 Å². The Labute approximate surface area is 144 Å². The molecule has 1 aliphatic heterocycles. The molecule has 0 aromatic carbocycles. The van der Waals surface area contributed by atoms with Gasteiger partial charge in [0.15, 0.2) is 0 Å². The number of fused-ring (bicyclic) bond motifs is 1. The lowest BCUT2D eigenvalue weighted by molar-refractivity contribution is 0.237. The molecule has 2 aromatic heterocycles. The summed E-state index contributed by atoms with van der Waals surface area (Å²) >= 11 is 0. The van der Waals surface area contributed by atoms with E-state index in [0.29, 0.717) is 5.92 Å². The monoisotopic (exact) mass is 325 g/mol. The lowest BCUT2D eigenvalue weighted by atomic mass is 9.88. The smallest absolute Gasteiger partial charge is 0.131 e. The normalized spacial score (nSPS) is 19.4. The topological polar surface area (TPSA) is 46.8 Å². The minimum Gasteiger partial charge on any atom is -0.334 e. The van der Waals surface area contributed by atoms with Crippen molar-refractivity contribution in [2.45, 2.75) is 64.5 Å². The molecule has 0 amide bonds. The first-order valence-corrected chi connectivity index (χ1v) is 9.25. The van der Waals surface area contributed by atoms with Crippen molar-refractivity contribution in [1.82, 2.24) is 24.4 Å². The van der Waals surface area contributed by atoms with Gasteiger partial charge in [0, 0.05) is 62.7 Å². The average Bonchev–Trinajstić information content (AvgIpc) is 2.94. The molecule has 5 heteroatoms. The first-order valence-electron chi connectivity index (χ1n) is 9.25. The summed E-state index contributed by atoms with van der Waals surface area (Å²) < 4.78 is 2.18. The van der Waals surface area contributed by atoms with Gasteiger partial charge < -0.3 is 4.57 Å². The maximum Gasteiger partial charge on any atom is 0.131 e. The number of aryl methyl sites for hydroxylation is 1. The van der Waals surface area contributed by atoms with Gasteiger partial charge in [-0.05, 0) is 19.8 Å². The van der Waals surface area contributed by atoms with Gasteiger partial charge >= 0.3 is 0 Å². The Morgan fingerprint density at radius 2 is 1.96 bits per heavy atom. The van der Waals surface area contributed by atoms with Crippen molar-refractivity contribution < 1.29 is 0 Å². The van der Waals surface area contributed by atoms with Crippen LogP contribution in [0.15, 0.2) is 12.4 Å². The fourth-order valence-electron chi connectivity index (χ4n) is 4.01. The van der Waals surface area contributed by atoms with Gasteiger partial charge in [0.25, 0.3) is 0 Å². The highest BCUT2D eigenvalue weighted by Crippen LogP contribution is 2.31. The summed E-state index contributed by atoms with van der Waals surface area (Å²) in [6.45, 7) is 5.01. The zero-order chi connectivity index (χ0) is 16.5. The number of hydrogen-bond donors (Lipinski definition) is 0. The molecule has 1 fully saturated rings. The van der Waals surface area contributed by atoms with Gasteiger partial charge in [-0.15, -0.1) is 0 Å². The maximum atomic E-state index is 4.94. The minimum absolute atomic E-state index is 0.597. The fourth-order valence-corrected chi connectivity index (χ4v) is 4.01. The third-order valence-electron chi connectivity index (χ3n) is 5.70. The van der Waals surface area contributed by atoms with E-state index in [1.54, 1.807) is 0 Å². The predicted octanol–water partition coefficient (Wildman–Crippen LogP) is 3.12. The molecular formula is C19H27N5. The standard InChI is InChI=1S/C19H27N5/c1-14-20-11-17(23(14)2)13-24-9-8-18-16(12-24)10-21-19(22-18)15-6-4-3-5-7-15/h10-11,15H,3-9,12-13H2,1-2H3. The van der Waals surface area contributed by atoms with E-state index < -0.39 is 0 Å². The molecule has 0 unspecified atom stereocenters. The summed E-state index contributed by atoms with van der Waals surface area (Å²) in [7, 11) is 2.09. The number of hydrogen-bond acceptors (Lipinski definition) is 4. The van der Waals surface area contributed by atoms with Crippen molar-refractivity contribution in [1.29, 1.82) is 0 Å². The molecule has 24 heavy (non-hydrogen) atoms. The number of rotatable bonds is 3. The highest BCUT2D eigenvalue weighted by molar-refractivity contribution is 5.22. The number of aromatic nitrogens is 4. The molecule has 0 bridgehead atoms. The van der Waals surface area contributed by atoms with E-state index in [4.69, 9.17) is 9.97 Å². The lowest BCUT2D eigenvalue weighted by Crippen LogP contribution is -2.32. The zero-order valence-corrected chi connectivity index (χ0v) is 14.8. The molecule has 4 rings (SSSR count). The summed E-state index contributed by atoms with van der Waals surface area (Å²) in [5, 5.41) is 0. The van der Waals surface area contributed by atoms with Crippen LogP contribution < -0.4 is 0 Å². The minimum atomic E-state index is 0.597. The Balaban J connectivity index is 1.46. The maximum absolute atomic E-state index is 4.94. The molecule has 0 N–H and O–H groups in total. The molecule has 5 nitrogen and oxygen atoms in total. The predicted molar refractivity (Wildman–Crippen MR) is 93.6 cm³/mol. The van der Waals surface area contributed by atoms with Crippen LogP contribution in [0.3, 0.4) is 0 Å². The van der Waals surface area contributed by atoms with E-state index in [0.717, 1.165) is 37.7 Å². The molecule has 0 saturated heterocycles. The first kappa shape index (κ1) is 15.8. The van der Waals surface area contributed by atoms with Crippen LogP contribution in [-0.4, -0.2) is 31.0 Å². The van der Waals surface area contributed by atoms with Crippen molar-refractivity contribution in [3.63, 3.8) is 0 Å². The van der Waals surface area contributed by atoms with Crippen LogP contribution in [0.5, 0.6) is 0 Å².